The van der Waals surface area contributed by atoms with E-state index in [4.69, 9.17) is 5.41 Å². The molecule has 0 saturated heterocycles. The third-order valence-electron chi connectivity index (χ3n) is 3.04. The van der Waals surface area contributed by atoms with E-state index < -0.39 is 0 Å². The Morgan fingerprint density at radius 1 is 1.42 bits per heavy atom. The highest BCUT2D eigenvalue weighted by Gasteiger charge is 2.19. The minimum absolute atomic E-state index is 0.00277. The minimum Gasteiger partial charge on any atom is -0.353 e. The van der Waals surface area contributed by atoms with Gasteiger partial charge in [-0.25, -0.2) is 0 Å². The molecule has 0 saturated carbocycles. The van der Waals surface area contributed by atoms with E-state index in [2.05, 4.69) is 17.2 Å². The number of hydrogen-bond acceptors (Lipinski definition) is 2. The van der Waals surface area contributed by atoms with Crippen LogP contribution in [0.1, 0.15) is 29.5 Å². The van der Waals surface area contributed by atoms with Crippen LogP contribution in [-0.2, 0) is 4.79 Å². The van der Waals surface area contributed by atoms with Crippen molar-refractivity contribution in [3.8, 4) is 0 Å². The molecule has 0 heterocycles. The zero-order chi connectivity index (χ0) is 14.4. The lowest BCUT2D eigenvalue weighted by Gasteiger charge is -2.17. The van der Waals surface area contributed by atoms with Gasteiger partial charge >= 0.3 is 0 Å². The molecule has 3 N–H and O–H groups in total. The van der Waals surface area contributed by atoms with Gasteiger partial charge < -0.3 is 5.32 Å². The molecule has 1 rings (SSSR count). The highest BCUT2D eigenvalue weighted by molar-refractivity contribution is 5.98. The summed E-state index contributed by atoms with van der Waals surface area (Å²) in [5.74, 6) is -0.464. The highest BCUT2D eigenvalue weighted by Crippen LogP contribution is 2.23. The van der Waals surface area contributed by atoms with Crippen LogP contribution in [0.5, 0.6) is 0 Å². The van der Waals surface area contributed by atoms with Crippen LogP contribution in [0.4, 0.5) is 0 Å². The number of carbonyl (C=O) groups excluding carboxylic acids is 1. The van der Waals surface area contributed by atoms with E-state index in [1.807, 2.05) is 39.0 Å². The number of rotatable bonds is 4. The monoisotopic (exact) mass is 259 g/mol. The average molecular weight is 259 g/mol. The summed E-state index contributed by atoms with van der Waals surface area (Å²) < 4.78 is 0. The van der Waals surface area contributed by atoms with E-state index in [9.17, 15) is 4.79 Å². The molecule has 1 amide bonds. The van der Waals surface area contributed by atoms with Gasteiger partial charge in [0.2, 0.25) is 5.91 Å². The first-order chi connectivity index (χ1) is 8.97. The molecule has 0 radical (unpaired) electrons. The van der Waals surface area contributed by atoms with Crippen LogP contribution in [0.15, 0.2) is 30.9 Å². The second kappa shape index (κ2) is 6.73. The summed E-state index contributed by atoms with van der Waals surface area (Å²) in [5.41, 5.74) is 3.21. The largest absolute Gasteiger partial charge is 0.353 e. The molecule has 1 atom stereocenters. The Hall–Kier alpha value is -2.10. The van der Waals surface area contributed by atoms with Gasteiger partial charge in [0, 0.05) is 6.54 Å². The van der Waals surface area contributed by atoms with Crippen molar-refractivity contribution < 1.29 is 4.79 Å². The van der Waals surface area contributed by atoms with Crippen LogP contribution >= 0.6 is 0 Å². The maximum Gasteiger partial charge on any atom is 0.233 e. The topological polar surface area (TPSA) is 65.0 Å². The zero-order valence-electron chi connectivity index (χ0n) is 11.7. The summed E-state index contributed by atoms with van der Waals surface area (Å²) in [7, 11) is 0. The van der Waals surface area contributed by atoms with Gasteiger partial charge in [0.1, 0.15) is 0 Å². The van der Waals surface area contributed by atoms with Crippen molar-refractivity contribution in [2.45, 2.75) is 26.7 Å². The molecule has 19 heavy (non-hydrogen) atoms. The predicted octanol–water partition coefficient (Wildman–Crippen LogP) is 2.23. The first-order valence-electron chi connectivity index (χ1n) is 6.27. The molecule has 1 aromatic rings. The molecule has 0 fully saturated rings. The second-order valence-electron chi connectivity index (χ2n) is 4.56. The Bertz CT molecular complexity index is 474. The Balaban J connectivity index is 2.77. The van der Waals surface area contributed by atoms with E-state index in [0.29, 0.717) is 6.54 Å². The Morgan fingerprint density at radius 2 is 2.00 bits per heavy atom. The molecular weight excluding hydrogens is 238 g/mol. The van der Waals surface area contributed by atoms with Gasteiger partial charge in [0.15, 0.2) is 5.96 Å². The van der Waals surface area contributed by atoms with Crippen LogP contribution in [0.2, 0.25) is 0 Å². The summed E-state index contributed by atoms with van der Waals surface area (Å²) in [6.07, 6.45) is 1.63. The van der Waals surface area contributed by atoms with Crippen molar-refractivity contribution in [3.05, 3.63) is 47.5 Å². The lowest BCUT2D eigenvalue weighted by atomic mass is 9.91. The summed E-state index contributed by atoms with van der Waals surface area (Å²) >= 11 is 0. The predicted molar refractivity (Wildman–Crippen MR) is 78.4 cm³/mol. The van der Waals surface area contributed by atoms with Gasteiger partial charge in [-0.2, -0.15) is 0 Å². The molecule has 0 aliphatic heterocycles. The highest BCUT2D eigenvalue weighted by atomic mass is 16.2. The normalized spacial score (nSPS) is 11.5. The fourth-order valence-corrected chi connectivity index (χ4v) is 2.09. The van der Waals surface area contributed by atoms with Gasteiger partial charge in [-0.3, -0.25) is 15.5 Å². The van der Waals surface area contributed by atoms with Crippen LogP contribution in [-0.4, -0.2) is 18.4 Å². The molecule has 0 aromatic heterocycles. The van der Waals surface area contributed by atoms with E-state index in [1.54, 1.807) is 6.08 Å². The van der Waals surface area contributed by atoms with Gasteiger partial charge in [-0.1, -0.05) is 24.3 Å². The lowest BCUT2D eigenvalue weighted by molar-refractivity contribution is -0.120. The van der Waals surface area contributed by atoms with E-state index >= 15 is 0 Å². The smallest absolute Gasteiger partial charge is 0.233 e. The molecule has 0 aliphatic carbocycles. The number of nitrogens with one attached hydrogen (secondary N) is 3. The fraction of sp³-hybridized carbons (Fsp3) is 0.333. The third-order valence-corrected chi connectivity index (χ3v) is 3.04. The standard InChI is InChI=1S/C15H21N3O/c1-5-9-17-15(16)18-14(19)12(4)13-10(2)7-6-8-11(13)3/h5-8,12H,1,9H2,2-4H3,(H3,16,17,18,19). The number of guanidine groups is 1. The first-order valence-corrected chi connectivity index (χ1v) is 6.27. The van der Waals surface area contributed by atoms with E-state index in [-0.39, 0.29) is 17.8 Å². The number of amides is 1. The van der Waals surface area contributed by atoms with Crippen LogP contribution in [0.3, 0.4) is 0 Å². The molecule has 0 spiro atoms. The van der Waals surface area contributed by atoms with E-state index in [0.717, 1.165) is 16.7 Å². The maximum atomic E-state index is 12.1. The minimum atomic E-state index is -0.285. The molecule has 0 bridgehead atoms. The molecule has 4 heteroatoms. The van der Waals surface area contributed by atoms with Gasteiger partial charge in [0.05, 0.1) is 5.92 Å². The molecule has 4 nitrogen and oxygen atoms in total. The molecule has 102 valence electrons. The van der Waals surface area contributed by atoms with E-state index in [1.165, 1.54) is 0 Å². The zero-order valence-corrected chi connectivity index (χ0v) is 11.7. The Kier molecular flexibility index (Phi) is 5.30. The maximum absolute atomic E-state index is 12.1. The summed E-state index contributed by atoms with van der Waals surface area (Å²) in [4.78, 5) is 12.1. The fourth-order valence-electron chi connectivity index (χ4n) is 2.09. The van der Waals surface area contributed by atoms with Crippen molar-refractivity contribution in [2.24, 2.45) is 0 Å². The summed E-state index contributed by atoms with van der Waals surface area (Å²) in [6.45, 7) is 9.84. The lowest BCUT2D eigenvalue weighted by Crippen LogP contribution is -2.42. The molecular formula is C15H21N3O. The van der Waals surface area contributed by atoms with Gasteiger partial charge in [0.25, 0.3) is 0 Å². The molecule has 1 aromatic carbocycles. The van der Waals surface area contributed by atoms with Crippen LogP contribution < -0.4 is 10.6 Å². The Morgan fingerprint density at radius 3 is 2.53 bits per heavy atom. The van der Waals surface area contributed by atoms with Crippen molar-refractivity contribution in [1.29, 1.82) is 5.41 Å². The van der Waals surface area contributed by atoms with Gasteiger partial charge in [-0.15, -0.1) is 6.58 Å². The van der Waals surface area contributed by atoms with Crippen molar-refractivity contribution in [3.63, 3.8) is 0 Å². The quantitative estimate of drug-likeness (QED) is 0.441. The average Bonchev–Trinajstić information content (AvgIpc) is 2.35. The molecule has 0 aliphatic rings. The second-order valence-corrected chi connectivity index (χ2v) is 4.56. The van der Waals surface area contributed by atoms with Crippen molar-refractivity contribution >= 4 is 11.9 Å². The third kappa shape index (κ3) is 3.95. The van der Waals surface area contributed by atoms with Crippen LogP contribution in [0.25, 0.3) is 0 Å². The summed E-state index contributed by atoms with van der Waals surface area (Å²) in [5, 5.41) is 12.9. The number of benzene rings is 1. The number of hydrogen-bond donors (Lipinski definition) is 3. The number of aryl methyl sites for hydroxylation is 2. The van der Waals surface area contributed by atoms with Gasteiger partial charge in [-0.05, 0) is 37.5 Å². The SMILES string of the molecule is C=CCNC(=N)NC(=O)C(C)c1c(C)cccc1C. The number of carbonyl (C=O) groups is 1. The van der Waals surface area contributed by atoms with Crippen molar-refractivity contribution in [1.82, 2.24) is 10.6 Å². The first kappa shape index (κ1) is 15.0. The Labute approximate surface area is 114 Å². The van der Waals surface area contributed by atoms with Crippen molar-refractivity contribution in [2.75, 3.05) is 6.54 Å². The molecule has 1 unspecified atom stereocenters. The summed E-state index contributed by atoms with van der Waals surface area (Å²) in [6, 6.07) is 5.97. The van der Waals surface area contributed by atoms with Crippen LogP contribution in [0, 0.1) is 19.3 Å².